The molecule has 3 rings (SSSR count). The van der Waals surface area contributed by atoms with Crippen LogP contribution in [0.1, 0.15) is 25.7 Å². The zero-order valence-electron chi connectivity index (χ0n) is 14.5. The molecule has 2 aliphatic heterocycles. The number of aliphatic hydroxyl groups excluding tert-OH is 1. The summed E-state index contributed by atoms with van der Waals surface area (Å²) in [6, 6.07) is 9.99. The van der Waals surface area contributed by atoms with Crippen molar-refractivity contribution < 1.29 is 14.7 Å². The maximum absolute atomic E-state index is 12.7. The van der Waals surface area contributed by atoms with Gasteiger partial charge in [-0.2, -0.15) is 0 Å². The predicted octanol–water partition coefficient (Wildman–Crippen LogP) is 2.00. The van der Waals surface area contributed by atoms with Gasteiger partial charge in [0.15, 0.2) is 0 Å². The molecule has 1 N–H and O–H groups in total. The van der Waals surface area contributed by atoms with E-state index in [9.17, 15) is 14.7 Å². The minimum Gasteiger partial charge on any atom is -0.395 e. The Bertz CT molecular complexity index is 610. The number of aliphatic hydroxyl groups is 1. The Morgan fingerprint density at radius 1 is 1.20 bits per heavy atom. The van der Waals surface area contributed by atoms with Gasteiger partial charge in [-0.05, 0) is 31.4 Å². The fourth-order valence-corrected chi connectivity index (χ4v) is 4.76. The minimum atomic E-state index is -0.00181. The van der Waals surface area contributed by atoms with Gasteiger partial charge in [-0.15, -0.1) is 11.8 Å². The number of likely N-dealkylation sites (tertiary alicyclic amines) is 2. The van der Waals surface area contributed by atoms with Crippen molar-refractivity contribution in [2.75, 3.05) is 38.5 Å². The molecule has 5 nitrogen and oxygen atoms in total. The van der Waals surface area contributed by atoms with Crippen LogP contribution in [-0.2, 0) is 9.59 Å². The highest BCUT2D eigenvalue weighted by Gasteiger charge is 2.42. The monoisotopic (exact) mass is 362 g/mol. The van der Waals surface area contributed by atoms with Crippen LogP contribution in [0.3, 0.4) is 0 Å². The van der Waals surface area contributed by atoms with Gasteiger partial charge in [0.1, 0.15) is 0 Å². The maximum Gasteiger partial charge on any atom is 0.232 e. The van der Waals surface area contributed by atoms with Crippen molar-refractivity contribution in [3.8, 4) is 0 Å². The van der Waals surface area contributed by atoms with Gasteiger partial charge in [0, 0.05) is 42.9 Å². The number of benzene rings is 1. The number of rotatable bonds is 5. The fourth-order valence-electron chi connectivity index (χ4n) is 3.93. The van der Waals surface area contributed by atoms with Gasteiger partial charge in [0.05, 0.1) is 12.4 Å². The van der Waals surface area contributed by atoms with Gasteiger partial charge in [-0.25, -0.2) is 0 Å². The van der Waals surface area contributed by atoms with Gasteiger partial charge in [0.2, 0.25) is 11.8 Å². The van der Waals surface area contributed by atoms with E-state index in [-0.39, 0.29) is 23.8 Å². The summed E-state index contributed by atoms with van der Waals surface area (Å²) in [5.41, 5.74) is 0.00834. The van der Waals surface area contributed by atoms with E-state index < -0.39 is 0 Å². The first-order valence-corrected chi connectivity index (χ1v) is 9.95. The van der Waals surface area contributed by atoms with Crippen LogP contribution < -0.4 is 0 Å². The van der Waals surface area contributed by atoms with Crippen molar-refractivity contribution in [3.63, 3.8) is 0 Å². The van der Waals surface area contributed by atoms with Crippen molar-refractivity contribution >= 4 is 23.6 Å². The quantitative estimate of drug-likeness (QED) is 0.814. The van der Waals surface area contributed by atoms with Crippen molar-refractivity contribution in [2.24, 2.45) is 5.41 Å². The predicted molar refractivity (Wildman–Crippen MR) is 98.3 cm³/mol. The molecule has 0 unspecified atom stereocenters. The largest absolute Gasteiger partial charge is 0.395 e. The molecule has 2 aliphatic rings. The lowest BCUT2D eigenvalue weighted by Crippen LogP contribution is -2.55. The van der Waals surface area contributed by atoms with Crippen LogP contribution in [-0.4, -0.2) is 65.3 Å². The van der Waals surface area contributed by atoms with Gasteiger partial charge < -0.3 is 14.9 Å². The SMILES string of the molecule is O=C1CC[C@]2(CCCN(C(=O)CSc3ccccc3)C2)CN1CCO. The highest BCUT2D eigenvalue weighted by molar-refractivity contribution is 8.00. The van der Waals surface area contributed by atoms with E-state index in [1.54, 1.807) is 16.7 Å². The zero-order chi connectivity index (χ0) is 17.7. The Kier molecular flexibility index (Phi) is 6.02. The summed E-state index contributed by atoms with van der Waals surface area (Å²) >= 11 is 1.58. The van der Waals surface area contributed by atoms with Crippen molar-refractivity contribution in [1.82, 2.24) is 9.80 Å². The maximum atomic E-state index is 12.7. The molecule has 0 aliphatic carbocycles. The third kappa shape index (κ3) is 4.55. The lowest BCUT2D eigenvalue weighted by molar-refractivity contribution is -0.142. The molecular formula is C19H26N2O3S. The molecule has 25 heavy (non-hydrogen) atoms. The smallest absolute Gasteiger partial charge is 0.232 e. The molecule has 1 aromatic rings. The topological polar surface area (TPSA) is 60.9 Å². The molecule has 1 spiro atoms. The fraction of sp³-hybridized carbons (Fsp3) is 0.579. The summed E-state index contributed by atoms with van der Waals surface area (Å²) in [5, 5.41) is 9.18. The van der Waals surface area contributed by atoms with E-state index >= 15 is 0 Å². The van der Waals surface area contributed by atoms with E-state index in [4.69, 9.17) is 0 Å². The Balaban J connectivity index is 1.58. The molecule has 0 bridgehead atoms. The third-order valence-corrected chi connectivity index (χ3v) is 6.23. The van der Waals surface area contributed by atoms with Crippen molar-refractivity contribution in [2.45, 2.75) is 30.6 Å². The molecule has 0 radical (unpaired) electrons. The first kappa shape index (κ1) is 18.3. The molecule has 2 fully saturated rings. The molecule has 6 heteroatoms. The highest BCUT2D eigenvalue weighted by atomic mass is 32.2. The van der Waals surface area contributed by atoms with Crippen LogP contribution in [0.25, 0.3) is 0 Å². The Morgan fingerprint density at radius 2 is 2.00 bits per heavy atom. The Labute approximate surface area is 153 Å². The van der Waals surface area contributed by atoms with Crippen LogP contribution in [0.15, 0.2) is 35.2 Å². The van der Waals surface area contributed by atoms with Gasteiger partial charge in [-0.1, -0.05) is 18.2 Å². The molecule has 1 atom stereocenters. The first-order valence-electron chi connectivity index (χ1n) is 8.96. The lowest BCUT2D eigenvalue weighted by Gasteiger charge is -2.48. The van der Waals surface area contributed by atoms with Crippen molar-refractivity contribution in [1.29, 1.82) is 0 Å². The number of carbonyl (C=O) groups is 2. The van der Waals surface area contributed by atoms with Crippen LogP contribution >= 0.6 is 11.8 Å². The molecule has 0 saturated carbocycles. The average molecular weight is 362 g/mol. The lowest BCUT2D eigenvalue weighted by atomic mass is 9.73. The van der Waals surface area contributed by atoms with Gasteiger partial charge >= 0.3 is 0 Å². The summed E-state index contributed by atoms with van der Waals surface area (Å²) in [7, 11) is 0. The first-order chi connectivity index (χ1) is 12.1. The second kappa shape index (κ2) is 8.23. The molecule has 2 heterocycles. The van der Waals surface area contributed by atoms with E-state index in [1.807, 2.05) is 35.2 Å². The Hall–Kier alpha value is -1.53. The summed E-state index contributed by atoms with van der Waals surface area (Å²) < 4.78 is 0. The summed E-state index contributed by atoms with van der Waals surface area (Å²) in [4.78, 5) is 29.5. The molecule has 2 amide bonds. The summed E-state index contributed by atoms with van der Waals surface area (Å²) in [6.07, 6.45) is 3.42. The zero-order valence-corrected chi connectivity index (χ0v) is 15.3. The minimum absolute atomic E-state index is 0.00181. The number of hydrogen-bond acceptors (Lipinski definition) is 4. The summed E-state index contributed by atoms with van der Waals surface area (Å²) in [6.45, 7) is 2.61. The number of β-amino-alcohol motifs (C(OH)–C–C–N with tert-alkyl or cyclic N) is 1. The van der Waals surface area contributed by atoms with Crippen molar-refractivity contribution in [3.05, 3.63) is 30.3 Å². The molecule has 136 valence electrons. The van der Waals surface area contributed by atoms with E-state index in [2.05, 4.69) is 0 Å². The van der Waals surface area contributed by atoms with Crippen LogP contribution in [0.4, 0.5) is 0 Å². The van der Waals surface area contributed by atoms with E-state index in [1.165, 1.54) is 0 Å². The number of thioether (sulfide) groups is 1. The molecular weight excluding hydrogens is 336 g/mol. The van der Waals surface area contributed by atoms with E-state index in [0.29, 0.717) is 25.3 Å². The van der Waals surface area contributed by atoms with Gasteiger partial charge in [0.25, 0.3) is 0 Å². The second-order valence-corrected chi connectivity index (χ2v) is 8.11. The Morgan fingerprint density at radius 3 is 2.76 bits per heavy atom. The normalized spacial score (nSPS) is 24.0. The second-order valence-electron chi connectivity index (χ2n) is 7.06. The third-order valence-electron chi connectivity index (χ3n) is 5.24. The number of carbonyl (C=O) groups excluding carboxylic acids is 2. The number of piperidine rings is 2. The van der Waals surface area contributed by atoms with Crippen LogP contribution in [0, 0.1) is 5.41 Å². The molecule has 0 aromatic heterocycles. The van der Waals surface area contributed by atoms with Gasteiger partial charge in [-0.3, -0.25) is 9.59 Å². The van der Waals surface area contributed by atoms with E-state index in [0.717, 1.165) is 37.2 Å². The average Bonchev–Trinajstić information content (AvgIpc) is 2.64. The highest BCUT2D eigenvalue weighted by Crippen LogP contribution is 2.39. The molecule has 1 aromatic carbocycles. The summed E-state index contributed by atoms with van der Waals surface area (Å²) in [5.74, 6) is 0.764. The number of amides is 2. The standard InChI is InChI=1S/C19H26N2O3S/c22-12-11-21-15-19(9-7-17(21)23)8-4-10-20(14-19)18(24)13-25-16-5-2-1-3-6-16/h1-3,5-6,22H,4,7-15H2/t19-/m0/s1. The number of hydrogen-bond donors (Lipinski definition) is 1. The molecule has 2 saturated heterocycles. The van der Waals surface area contributed by atoms with Crippen LogP contribution in [0.2, 0.25) is 0 Å². The number of nitrogens with zero attached hydrogens (tertiary/aromatic N) is 2. The van der Waals surface area contributed by atoms with Crippen LogP contribution in [0.5, 0.6) is 0 Å².